The fraction of sp³-hybridized carbons (Fsp3) is 0.143. The zero-order valence-electron chi connectivity index (χ0n) is 10.2. The minimum atomic E-state index is -0.633. The Bertz CT molecular complexity index is 626. The average molecular weight is 243 g/mol. The van der Waals surface area contributed by atoms with E-state index in [1.165, 1.54) is 13.2 Å². The normalized spacial score (nSPS) is 10.1. The van der Waals surface area contributed by atoms with Crippen LogP contribution < -0.4 is 5.56 Å². The van der Waals surface area contributed by atoms with E-state index in [4.69, 9.17) is 0 Å². The van der Waals surface area contributed by atoms with Gasteiger partial charge < -0.3 is 9.72 Å². The molecule has 4 heteroatoms. The number of rotatable bonds is 2. The van der Waals surface area contributed by atoms with E-state index in [9.17, 15) is 9.59 Å². The van der Waals surface area contributed by atoms with Crippen LogP contribution in [0.5, 0.6) is 0 Å². The lowest BCUT2D eigenvalue weighted by Gasteiger charge is -2.03. The molecule has 1 N–H and O–H groups in total. The van der Waals surface area contributed by atoms with Crippen molar-refractivity contribution in [1.29, 1.82) is 0 Å². The standard InChI is InChI=1S/C14H13NO3/c1-9-3-5-10(6-4-9)12-8-7-11(13(16)15-12)14(17)18-2/h3-8H,1-2H3,(H,15,16). The summed E-state index contributed by atoms with van der Waals surface area (Å²) in [6.45, 7) is 1.99. The van der Waals surface area contributed by atoms with Crippen LogP contribution in [0.1, 0.15) is 15.9 Å². The van der Waals surface area contributed by atoms with Gasteiger partial charge in [0.1, 0.15) is 5.56 Å². The fourth-order valence-electron chi connectivity index (χ4n) is 1.65. The van der Waals surface area contributed by atoms with Crippen molar-refractivity contribution in [3.05, 3.63) is 57.9 Å². The van der Waals surface area contributed by atoms with Gasteiger partial charge in [-0.2, -0.15) is 0 Å². The number of methoxy groups -OCH3 is 1. The number of nitrogens with one attached hydrogen (secondary N) is 1. The summed E-state index contributed by atoms with van der Waals surface area (Å²) in [5.41, 5.74) is 2.28. The van der Waals surface area contributed by atoms with Gasteiger partial charge in [0.25, 0.3) is 5.56 Å². The molecule has 0 aliphatic carbocycles. The third-order valence-electron chi connectivity index (χ3n) is 2.68. The first-order valence-corrected chi connectivity index (χ1v) is 5.50. The van der Waals surface area contributed by atoms with Gasteiger partial charge in [0, 0.05) is 5.69 Å². The Labute approximate surface area is 104 Å². The van der Waals surface area contributed by atoms with E-state index in [-0.39, 0.29) is 5.56 Å². The number of carbonyl (C=O) groups is 1. The highest BCUT2D eigenvalue weighted by atomic mass is 16.5. The number of carbonyl (C=O) groups excluding carboxylic acids is 1. The summed E-state index contributed by atoms with van der Waals surface area (Å²) in [7, 11) is 1.25. The largest absolute Gasteiger partial charge is 0.465 e. The van der Waals surface area contributed by atoms with Crippen LogP contribution in [-0.4, -0.2) is 18.1 Å². The molecular weight excluding hydrogens is 230 g/mol. The molecule has 4 nitrogen and oxygen atoms in total. The number of pyridine rings is 1. The maximum absolute atomic E-state index is 11.7. The molecule has 2 rings (SSSR count). The molecule has 0 aliphatic heterocycles. The zero-order valence-corrected chi connectivity index (χ0v) is 10.2. The number of aryl methyl sites for hydroxylation is 1. The Hall–Kier alpha value is -2.36. The number of hydrogen-bond acceptors (Lipinski definition) is 3. The molecule has 0 saturated carbocycles. The van der Waals surface area contributed by atoms with E-state index in [0.29, 0.717) is 5.69 Å². The molecule has 0 spiro atoms. The molecule has 92 valence electrons. The second-order valence-corrected chi connectivity index (χ2v) is 3.97. The summed E-state index contributed by atoms with van der Waals surface area (Å²) < 4.78 is 4.52. The molecule has 0 amide bonds. The molecule has 1 aromatic heterocycles. The third kappa shape index (κ3) is 2.32. The van der Waals surface area contributed by atoms with Crippen LogP contribution in [-0.2, 0) is 4.74 Å². The second kappa shape index (κ2) is 4.87. The molecule has 0 fully saturated rings. The van der Waals surface area contributed by atoms with E-state index in [1.54, 1.807) is 6.07 Å². The highest BCUT2D eigenvalue weighted by molar-refractivity contribution is 5.89. The van der Waals surface area contributed by atoms with E-state index in [0.717, 1.165) is 11.1 Å². The van der Waals surface area contributed by atoms with Gasteiger partial charge in [-0.05, 0) is 24.6 Å². The highest BCUT2D eigenvalue weighted by Crippen LogP contribution is 2.16. The first-order chi connectivity index (χ1) is 8.61. The smallest absolute Gasteiger partial charge is 0.343 e. The average Bonchev–Trinajstić information content (AvgIpc) is 2.38. The Morgan fingerprint density at radius 3 is 2.33 bits per heavy atom. The van der Waals surface area contributed by atoms with Gasteiger partial charge in [-0.1, -0.05) is 29.8 Å². The number of benzene rings is 1. The van der Waals surface area contributed by atoms with Crippen molar-refractivity contribution < 1.29 is 9.53 Å². The summed E-state index contributed by atoms with van der Waals surface area (Å²) in [5.74, 6) is -0.633. The van der Waals surface area contributed by atoms with Crippen molar-refractivity contribution in [3.63, 3.8) is 0 Å². The molecule has 0 bridgehead atoms. The van der Waals surface area contributed by atoms with Crippen molar-refractivity contribution >= 4 is 5.97 Å². The lowest BCUT2D eigenvalue weighted by atomic mass is 10.1. The van der Waals surface area contributed by atoms with Crippen molar-refractivity contribution in [3.8, 4) is 11.3 Å². The first kappa shape index (κ1) is 12.1. The summed E-state index contributed by atoms with van der Waals surface area (Å²) >= 11 is 0. The summed E-state index contributed by atoms with van der Waals surface area (Å²) in [4.78, 5) is 25.7. The number of esters is 1. The predicted molar refractivity (Wildman–Crippen MR) is 68.6 cm³/mol. The van der Waals surface area contributed by atoms with Crippen molar-refractivity contribution in [2.45, 2.75) is 6.92 Å². The Morgan fingerprint density at radius 1 is 1.11 bits per heavy atom. The van der Waals surface area contributed by atoms with Crippen molar-refractivity contribution in [2.24, 2.45) is 0 Å². The Balaban J connectivity index is 2.43. The third-order valence-corrected chi connectivity index (χ3v) is 2.68. The lowest BCUT2D eigenvalue weighted by molar-refractivity contribution is 0.0598. The molecule has 1 heterocycles. The van der Waals surface area contributed by atoms with Crippen LogP contribution in [0.15, 0.2) is 41.2 Å². The molecule has 2 aromatic rings. The SMILES string of the molecule is COC(=O)c1ccc(-c2ccc(C)cc2)[nH]c1=O. The molecule has 0 radical (unpaired) electrons. The van der Waals surface area contributed by atoms with Gasteiger partial charge in [-0.3, -0.25) is 4.79 Å². The zero-order chi connectivity index (χ0) is 13.1. The molecule has 0 unspecified atom stereocenters. The van der Waals surface area contributed by atoms with Gasteiger partial charge in [0.15, 0.2) is 0 Å². The summed E-state index contributed by atoms with van der Waals surface area (Å²) in [5, 5.41) is 0. The molecule has 0 atom stereocenters. The molecule has 18 heavy (non-hydrogen) atoms. The van der Waals surface area contributed by atoms with E-state index < -0.39 is 11.5 Å². The number of aromatic nitrogens is 1. The molecule has 1 aromatic carbocycles. The van der Waals surface area contributed by atoms with Crippen LogP contribution in [0.3, 0.4) is 0 Å². The van der Waals surface area contributed by atoms with Crippen LogP contribution in [0.2, 0.25) is 0 Å². The lowest BCUT2D eigenvalue weighted by Crippen LogP contribution is -2.18. The first-order valence-electron chi connectivity index (χ1n) is 5.50. The fourth-order valence-corrected chi connectivity index (χ4v) is 1.65. The predicted octanol–water partition coefficient (Wildman–Crippen LogP) is 2.14. The minimum absolute atomic E-state index is 0.00774. The van der Waals surface area contributed by atoms with Gasteiger partial charge >= 0.3 is 5.97 Å². The van der Waals surface area contributed by atoms with Gasteiger partial charge in [0.2, 0.25) is 0 Å². The maximum Gasteiger partial charge on any atom is 0.343 e. The molecule has 0 aliphatic rings. The number of hydrogen-bond donors (Lipinski definition) is 1. The van der Waals surface area contributed by atoms with Crippen LogP contribution >= 0.6 is 0 Å². The summed E-state index contributed by atoms with van der Waals surface area (Å²) in [6.07, 6.45) is 0. The number of aromatic amines is 1. The van der Waals surface area contributed by atoms with E-state index in [1.807, 2.05) is 31.2 Å². The second-order valence-electron chi connectivity index (χ2n) is 3.97. The topological polar surface area (TPSA) is 59.2 Å². The van der Waals surface area contributed by atoms with Crippen LogP contribution in [0, 0.1) is 6.92 Å². The molecule has 0 saturated heterocycles. The monoisotopic (exact) mass is 243 g/mol. The Kier molecular flexibility index (Phi) is 3.28. The highest BCUT2D eigenvalue weighted by Gasteiger charge is 2.11. The minimum Gasteiger partial charge on any atom is -0.465 e. The van der Waals surface area contributed by atoms with Crippen LogP contribution in [0.4, 0.5) is 0 Å². The molecular formula is C14H13NO3. The number of ether oxygens (including phenoxy) is 1. The summed E-state index contributed by atoms with van der Waals surface area (Å²) in [6, 6.07) is 10.9. The van der Waals surface area contributed by atoms with Gasteiger partial charge in [0.05, 0.1) is 7.11 Å². The van der Waals surface area contributed by atoms with Gasteiger partial charge in [-0.25, -0.2) is 4.79 Å². The quantitative estimate of drug-likeness (QED) is 0.822. The number of H-pyrrole nitrogens is 1. The van der Waals surface area contributed by atoms with Crippen LogP contribution in [0.25, 0.3) is 11.3 Å². The Morgan fingerprint density at radius 2 is 1.78 bits per heavy atom. The van der Waals surface area contributed by atoms with E-state index >= 15 is 0 Å². The van der Waals surface area contributed by atoms with E-state index in [2.05, 4.69) is 9.72 Å². The maximum atomic E-state index is 11.7. The van der Waals surface area contributed by atoms with Crippen molar-refractivity contribution in [1.82, 2.24) is 4.98 Å². The van der Waals surface area contributed by atoms with Gasteiger partial charge in [-0.15, -0.1) is 0 Å². The van der Waals surface area contributed by atoms with Crippen molar-refractivity contribution in [2.75, 3.05) is 7.11 Å².